The number of aryl methyl sites for hydroxylation is 1. The zero-order chi connectivity index (χ0) is 17.6. The molecule has 6 heteroatoms. The van der Waals surface area contributed by atoms with Crippen molar-refractivity contribution in [2.45, 2.75) is 26.9 Å². The van der Waals surface area contributed by atoms with E-state index in [1.54, 1.807) is 11.3 Å². The van der Waals surface area contributed by atoms with Crippen molar-refractivity contribution in [1.82, 2.24) is 15.0 Å². The van der Waals surface area contributed by atoms with Crippen molar-refractivity contribution in [1.29, 1.82) is 0 Å². The molecule has 0 unspecified atom stereocenters. The summed E-state index contributed by atoms with van der Waals surface area (Å²) in [6.45, 7) is 6.00. The molecule has 1 aromatic carbocycles. The van der Waals surface area contributed by atoms with E-state index in [1.165, 1.54) is 0 Å². The molecule has 0 amide bonds. The fraction of sp³-hybridized carbons (Fsp3) is 0.211. The summed E-state index contributed by atoms with van der Waals surface area (Å²) in [7, 11) is 0. The van der Waals surface area contributed by atoms with Crippen molar-refractivity contribution in [2.75, 3.05) is 0 Å². The summed E-state index contributed by atoms with van der Waals surface area (Å²) in [6.07, 6.45) is 0.00770. The average Bonchev–Trinajstić information content (AvgIpc) is 2.94. The Hall–Kier alpha value is -2.24. The summed E-state index contributed by atoms with van der Waals surface area (Å²) < 4.78 is 6.72. The van der Waals surface area contributed by atoms with Gasteiger partial charge in [0.15, 0.2) is 0 Å². The molecule has 25 heavy (non-hydrogen) atoms. The molecule has 0 atom stereocenters. The molecular formula is C19H16ClN3OS. The van der Waals surface area contributed by atoms with E-state index in [0.717, 1.165) is 37.3 Å². The lowest BCUT2D eigenvalue weighted by Crippen LogP contribution is -2.07. The molecule has 0 spiro atoms. The van der Waals surface area contributed by atoms with Crippen LogP contribution in [0.15, 0.2) is 36.4 Å². The maximum atomic E-state index is 6.13. The third kappa shape index (κ3) is 2.94. The van der Waals surface area contributed by atoms with Crippen molar-refractivity contribution < 1.29 is 4.74 Å². The van der Waals surface area contributed by atoms with Gasteiger partial charge in [-0.1, -0.05) is 30.3 Å². The van der Waals surface area contributed by atoms with E-state index in [2.05, 4.69) is 35.1 Å². The Labute approximate surface area is 154 Å². The Kier molecular flexibility index (Phi) is 4.06. The highest BCUT2D eigenvalue weighted by molar-refractivity contribution is 7.25. The highest BCUT2D eigenvalue weighted by Gasteiger charge is 2.18. The van der Waals surface area contributed by atoms with E-state index >= 15 is 0 Å². The van der Waals surface area contributed by atoms with Gasteiger partial charge in [0, 0.05) is 10.9 Å². The Balaban J connectivity index is 2.00. The van der Waals surface area contributed by atoms with Gasteiger partial charge in [0.2, 0.25) is 11.2 Å². The number of thiophene rings is 1. The highest BCUT2D eigenvalue weighted by Crippen LogP contribution is 2.40. The molecule has 0 aliphatic rings. The number of hydrogen-bond acceptors (Lipinski definition) is 5. The average molecular weight is 370 g/mol. The van der Waals surface area contributed by atoms with Crippen molar-refractivity contribution in [3.8, 4) is 17.1 Å². The lowest BCUT2D eigenvalue weighted by Gasteiger charge is -2.09. The molecule has 4 rings (SSSR count). The summed E-state index contributed by atoms with van der Waals surface area (Å²) in [5.74, 6) is 0.522. The quantitative estimate of drug-likeness (QED) is 0.437. The first-order valence-electron chi connectivity index (χ1n) is 8.02. The predicted molar refractivity (Wildman–Crippen MR) is 104 cm³/mol. The van der Waals surface area contributed by atoms with Crippen LogP contribution >= 0.6 is 22.9 Å². The minimum absolute atomic E-state index is 0.00770. The van der Waals surface area contributed by atoms with Crippen LogP contribution in [0.1, 0.15) is 19.4 Å². The molecule has 0 radical (unpaired) electrons. The summed E-state index contributed by atoms with van der Waals surface area (Å²) in [5.41, 5.74) is 3.95. The number of pyridine rings is 1. The lowest BCUT2D eigenvalue weighted by atomic mass is 10.1. The predicted octanol–water partition coefficient (Wildman–Crippen LogP) is 5.66. The van der Waals surface area contributed by atoms with Crippen LogP contribution in [-0.2, 0) is 0 Å². The number of halogens is 1. The van der Waals surface area contributed by atoms with Gasteiger partial charge in [-0.15, -0.1) is 11.3 Å². The maximum absolute atomic E-state index is 6.13. The van der Waals surface area contributed by atoms with Crippen LogP contribution in [0, 0.1) is 6.92 Å². The van der Waals surface area contributed by atoms with Crippen molar-refractivity contribution in [2.24, 2.45) is 0 Å². The number of aromatic nitrogens is 3. The Bertz CT molecular complexity index is 1080. The number of hydrogen-bond donors (Lipinski definition) is 0. The van der Waals surface area contributed by atoms with E-state index in [1.807, 2.05) is 32.0 Å². The molecular weight excluding hydrogens is 354 g/mol. The van der Waals surface area contributed by atoms with Crippen LogP contribution in [-0.4, -0.2) is 21.1 Å². The van der Waals surface area contributed by atoms with E-state index < -0.39 is 0 Å². The molecule has 0 fully saturated rings. The molecule has 0 saturated carbocycles. The van der Waals surface area contributed by atoms with Gasteiger partial charge in [0.25, 0.3) is 0 Å². The fourth-order valence-electron chi connectivity index (χ4n) is 2.83. The van der Waals surface area contributed by atoms with Gasteiger partial charge >= 0.3 is 0 Å². The van der Waals surface area contributed by atoms with Crippen LogP contribution in [0.2, 0.25) is 5.28 Å². The van der Waals surface area contributed by atoms with Crippen LogP contribution in [0.5, 0.6) is 5.88 Å². The van der Waals surface area contributed by atoms with E-state index in [-0.39, 0.29) is 11.4 Å². The van der Waals surface area contributed by atoms with Gasteiger partial charge in [-0.05, 0) is 44.0 Å². The van der Waals surface area contributed by atoms with E-state index in [0.29, 0.717) is 5.88 Å². The molecule has 0 bridgehead atoms. The van der Waals surface area contributed by atoms with Gasteiger partial charge in [-0.2, -0.15) is 4.98 Å². The van der Waals surface area contributed by atoms with Gasteiger partial charge in [-0.3, -0.25) is 0 Å². The molecule has 0 saturated heterocycles. The van der Waals surface area contributed by atoms with Crippen LogP contribution in [0.25, 0.3) is 31.7 Å². The highest BCUT2D eigenvalue weighted by atomic mass is 35.5. The summed E-state index contributed by atoms with van der Waals surface area (Å²) >= 11 is 7.67. The third-order valence-electron chi connectivity index (χ3n) is 3.84. The van der Waals surface area contributed by atoms with E-state index in [4.69, 9.17) is 21.3 Å². The molecule has 4 aromatic rings. The van der Waals surface area contributed by atoms with Gasteiger partial charge in [0.05, 0.1) is 17.3 Å². The number of benzene rings is 1. The lowest BCUT2D eigenvalue weighted by molar-refractivity contribution is 0.236. The minimum atomic E-state index is 0.00770. The largest absolute Gasteiger partial charge is 0.474 e. The van der Waals surface area contributed by atoms with Crippen molar-refractivity contribution in [3.05, 3.63) is 47.2 Å². The Morgan fingerprint density at radius 2 is 1.84 bits per heavy atom. The first kappa shape index (κ1) is 16.2. The summed E-state index contributed by atoms with van der Waals surface area (Å²) in [5, 5.41) is 1.20. The Morgan fingerprint density at radius 3 is 2.56 bits per heavy atom. The van der Waals surface area contributed by atoms with Crippen LogP contribution < -0.4 is 4.74 Å². The smallest absolute Gasteiger partial charge is 0.236 e. The second-order valence-electron chi connectivity index (χ2n) is 6.11. The molecule has 3 heterocycles. The molecule has 0 aliphatic heterocycles. The monoisotopic (exact) mass is 369 g/mol. The normalized spacial score (nSPS) is 11.6. The molecule has 126 valence electrons. The van der Waals surface area contributed by atoms with Crippen LogP contribution in [0.4, 0.5) is 0 Å². The number of fused-ring (bicyclic) bond motifs is 3. The second-order valence-corrected chi connectivity index (χ2v) is 7.45. The number of nitrogens with zero attached hydrogens (tertiary/aromatic N) is 3. The van der Waals surface area contributed by atoms with Crippen molar-refractivity contribution >= 4 is 43.4 Å². The number of rotatable bonds is 3. The topological polar surface area (TPSA) is 47.9 Å². The number of ether oxygens (including phenoxy) is 1. The van der Waals surface area contributed by atoms with Crippen LogP contribution in [0.3, 0.4) is 0 Å². The second kappa shape index (κ2) is 6.24. The third-order valence-corrected chi connectivity index (χ3v) is 5.07. The summed E-state index contributed by atoms with van der Waals surface area (Å²) in [6, 6.07) is 12.2. The minimum Gasteiger partial charge on any atom is -0.474 e. The Morgan fingerprint density at radius 1 is 1.08 bits per heavy atom. The van der Waals surface area contributed by atoms with Gasteiger partial charge < -0.3 is 4.74 Å². The standard InChI is InChI=1S/C19H16ClN3OS/c1-10(2)24-17-16-15(22-19(20)23-17)14-11(3)9-13(21-18(14)25-16)12-7-5-4-6-8-12/h4-10H,1-3H3. The molecule has 3 aromatic heterocycles. The van der Waals surface area contributed by atoms with Gasteiger partial charge in [0.1, 0.15) is 9.53 Å². The molecule has 0 aliphatic carbocycles. The fourth-order valence-corrected chi connectivity index (χ4v) is 4.11. The van der Waals surface area contributed by atoms with Crippen molar-refractivity contribution in [3.63, 3.8) is 0 Å². The molecule has 0 N–H and O–H groups in total. The first-order chi connectivity index (χ1) is 12.0. The zero-order valence-corrected chi connectivity index (χ0v) is 15.6. The maximum Gasteiger partial charge on any atom is 0.236 e. The first-order valence-corrected chi connectivity index (χ1v) is 9.22. The SMILES string of the molecule is Cc1cc(-c2ccccc2)nc2sc3c(OC(C)C)nc(Cl)nc3c12. The summed E-state index contributed by atoms with van der Waals surface area (Å²) in [4.78, 5) is 14.5. The van der Waals surface area contributed by atoms with E-state index in [9.17, 15) is 0 Å². The zero-order valence-electron chi connectivity index (χ0n) is 14.1. The van der Waals surface area contributed by atoms with Gasteiger partial charge in [-0.25, -0.2) is 9.97 Å². The molecule has 4 nitrogen and oxygen atoms in total.